The maximum absolute atomic E-state index is 13.2. The SMILES string of the molecule is Cc1nn(Cc2ccc(F)cc2)c2c1CCN(C(=O)CC1CC3(C1)CC(C(=O)O)C3)C2. The van der Waals surface area contributed by atoms with Crippen LogP contribution in [0.5, 0.6) is 0 Å². The van der Waals surface area contributed by atoms with Gasteiger partial charge in [-0.3, -0.25) is 14.3 Å². The minimum absolute atomic E-state index is 0.179. The first-order valence-corrected chi connectivity index (χ1v) is 11.1. The Morgan fingerprint density at radius 3 is 2.58 bits per heavy atom. The van der Waals surface area contributed by atoms with Crippen LogP contribution < -0.4 is 0 Å². The largest absolute Gasteiger partial charge is 0.481 e. The van der Waals surface area contributed by atoms with Crippen molar-refractivity contribution in [3.63, 3.8) is 0 Å². The number of aromatic nitrogens is 2. The molecular weight excluding hydrogens is 397 g/mol. The van der Waals surface area contributed by atoms with E-state index >= 15 is 0 Å². The molecule has 7 heteroatoms. The van der Waals surface area contributed by atoms with Crippen molar-refractivity contribution < 1.29 is 19.1 Å². The molecule has 1 amide bonds. The highest BCUT2D eigenvalue weighted by Gasteiger charge is 2.55. The quantitative estimate of drug-likeness (QED) is 0.795. The van der Waals surface area contributed by atoms with Gasteiger partial charge < -0.3 is 10.0 Å². The molecule has 3 aliphatic rings. The Hall–Kier alpha value is -2.70. The van der Waals surface area contributed by atoms with Gasteiger partial charge in [-0.25, -0.2) is 4.39 Å². The lowest BCUT2D eigenvalue weighted by Crippen LogP contribution is -2.51. The lowest BCUT2D eigenvalue weighted by atomic mass is 9.47. The summed E-state index contributed by atoms with van der Waals surface area (Å²) >= 11 is 0. The van der Waals surface area contributed by atoms with Crippen molar-refractivity contribution in [3.05, 3.63) is 52.6 Å². The lowest BCUT2D eigenvalue weighted by molar-refractivity contribution is -0.160. The number of aliphatic carboxylic acids is 1. The first-order valence-electron chi connectivity index (χ1n) is 11.1. The Kier molecular flexibility index (Phi) is 4.87. The zero-order chi connectivity index (χ0) is 21.8. The molecule has 0 radical (unpaired) electrons. The van der Waals surface area contributed by atoms with E-state index in [1.54, 1.807) is 12.1 Å². The van der Waals surface area contributed by atoms with Crippen LogP contribution in [0.3, 0.4) is 0 Å². The van der Waals surface area contributed by atoms with Gasteiger partial charge in [-0.05, 0) is 73.6 Å². The second-order valence-corrected chi connectivity index (χ2v) is 9.78. The summed E-state index contributed by atoms with van der Waals surface area (Å²) in [4.78, 5) is 26.0. The molecule has 0 unspecified atom stereocenters. The van der Waals surface area contributed by atoms with Gasteiger partial charge in [0.1, 0.15) is 5.82 Å². The molecule has 1 aromatic heterocycles. The highest BCUT2D eigenvalue weighted by Crippen LogP contribution is 2.62. The van der Waals surface area contributed by atoms with Crippen molar-refractivity contribution in [2.45, 2.75) is 58.5 Å². The van der Waals surface area contributed by atoms with Gasteiger partial charge >= 0.3 is 5.97 Å². The summed E-state index contributed by atoms with van der Waals surface area (Å²) in [5.74, 6) is -0.540. The van der Waals surface area contributed by atoms with Crippen LogP contribution in [0.2, 0.25) is 0 Å². The van der Waals surface area contributed by atoms with Crippen molar-refractivity contribution in [1.29, 1.82) is 0 Å². The normalized spacial score (nSPS) is 26.8. The van der Waals surface area contributed by atoms with Crippen molar-refractivity contribution in [1.82, 2.24) is 14.7 Å². The third-order valence-corrected chi connectivity index (χ3v) is 7.55. The van der Waals surface area contributed by atoms with Crippen LogP contribution in [0.4, 0.5) is 4.39 Å². The molecule has 0 saturated heterocycles. The highest BCUT2D eigenvalue weighted by atomic mass is 19.1. The third kappa shape index (κ3) is 3.75. The number of halogens is 1. The lowest BCUT2D eigenvalue weighted by Gasteiger charge is -2.57. The van der Waals surface area contributed by atoms with Crippen molar-refractivity contribution in [3.8, 4) is 0 Å². The number of carbonyl (C=O) groups excluding carboxylic acids is 1. The molecule has 2 fully saturated rings. The maximum atomic E-state index is 13.2. The predicted molar refractivity (Wildman–Crippen MR) is 112 cm³/mol. The molecule has 1 aliphatic heterocycles. The van der Waals surface area contributed by atoms with E-state index in [2.05, 4.69) is 5.10 Å². The number of carboxylic acids is 1. The highest BCUT2D eigenvalue weighted by molar-refractivity contribution is 5.77. The molecule has 2 aliphatic carbocycles. The standard InChI is InChI=1S/C24H28FN3O3/c1-15-20-6-7-27(14-21(20)28(26-15)13-16-2-4-19(25)5-3-16)22(29)8-17-9-24(10-17)11-18(12-24)23(30)31/h2-5,17-18H,6-14H2,1H3,(H,30,31). The van der Waals surface area contributed by atoms with Crippen LogP contribution in [0, 0.1) is 30.0 Å². The van der Waals surface area contributed by atoms with Gasteiger partial charge in [-0.15, -0.1) is 0 Å². The molecule has 0 bridgehead atoms. The number of hydrogen-bond donors (Lipinski definition) is 1. The zero-order valence-corrected chi connectivity index (χ0v) is 17.8. The van der Waals surface area contributed by atoms with Crippen LogP contribution in [-0.4, -0.2) is 38.2 Å². The molecule has 2 aromatic rings. The average molecular weight is 426 g/mol. The van der Waals surface area contributed by atoms with E-state index in [9.17, 15) is 14.0 Å². The summed E-state index contributed by atoms with van der Waals surface area (Å²) in [5.41, 5.74) is 4.49. The number of aryl methyl sites for hydroxylation is 1. The summed E-state index contributed by atoms with van der Waals surface area (Å²) in [5, 5.41) is 13.8. The number of rotatable bonds is 5. The Bertz CT molecular complexity index is 1020. The van der Waals surface area contributed by atoms with Gasteiger partial charge in [0, 0.05) is 13.0 Å². The number of hydrogen-bond acceptors (Lipinski definition) is 3. The van der Waals surface area contributed by atoms with Gasteiger partial charge in [0.2, 0.25) is 5.91 Å². The predicted octanol–water partition coefficient (Wildman–Crippen LogP) is 3.54. The number of carbonyl (C=O) groups is 2. The topological polar surface area (TPSA) is 75.4 Å². The maximum Gasteiger partial charge on any atom is 0.306 e. The molecule has 1 N–H and O–H groups in total. The van der Waals surface area contributed by atoms with E-state index in [1.807, 2.05) is 16.5 Å². The van der Waals surface area contributed by atoms with Gasteiger partial charge in [-0.1, -0.05) is 12.1 Å². The smallest absolute Gasteiger partial charge is 0.306 e. The summed E-state index contributed by atoms with van der Waals surface area (Å²) < 4.78 is 15.2. The van der Waals surface area contributed by atoms with Gasteiger partial charge in [0.05, 0.1) is 30.4 Å². The van der Waals surface area contributed by atoms with Crippen molar-refractivity contribution >= 4 is 11.9 Å². The van der Waals surface area contributed by atoms with Gasteiger partial charge in [0.25, 0.3) is 0 Å². The minimum Gasteiger partial charge on any atom is -0.481 e. The van der Waals surface area contributed by atoms with E-state index < -0.39 is 5.97 Å². The molecular formula is C24H28FN3O3. The molecule has 31 heavy (non-hydrogen) atoms. The number of fused-ring (bicyclic) bond motifs is 1. The molecule has 0 atom stereocenters. The molecule has 6 nitrogen and oxygen atoms in total. The Morgan fingerprint density at radius 1 is 1.19 bits per heavy atom. The summed E-state index contributed by atoms with van der Waals surface area (Å²) in [6, 6.07) is 6.46. The summed E-state index contributed by atoms with van der Waals surface area (Å²) in [6.07, 6.45) is 4.90. The Labute approximate surface area is 181 Å². The monoisotopic (exact) mass is 425 g/mol. The molecule has 2 saturated carbocycles. The second-order valence-electron chi connectivity index (χ2n) is 9.78. The molecule has 164 valence electrons. The van der Waals surface area contributed by atoms with Gasteiger partial charge in [-0.2, -0.15) is 5.10 Å². The van der Waals surface area contributed by atoms with E-state index in [0.717, 1.165) is 49.1 Å². The number of amides is 1. The fraction of sp³-hybridized carbons (Fsp3) is 0.542. The molecule has 1 spiro atoms. The minimum atomic E-state index is -0.679. The molecule has 1 aromatic carbocycles. The van der Waals surface area contributed by atoms with Crippen LogP contribution >= 0.6 is 0 Å². The van der Waals surface area contributed by atoms with Crippen molar-refractivity contribution in [2.24, 2.45) is 17.3 Å². The number of benzene rings is 1. The third-order valence-electron chi connectivity index (χ3n) is 7.55. The van der Waals surface area contributed by atoms with Crippen LogP contribution in [0.25, 0.3) is 0 Å². The first kappa shape index (κ1) is 20.2. The molecule has 2 heterocycles. The second kappa shape index (κ2) is 7.46. The number of nitrogens with zero attached hydrogens (tertiary/aromatic N) is 3. The fourth-order valence-electron chi connectivity index (χ4n) is 5.96. The van der Waals surface area contributed by atoms with Crippen LogP contribution in [-0.2, 0) is 29.1 Å². The average Bonchev–Trinajstić information content (AvgIpc) is 2.99. The zero-order valence-electron chi connectivity index (χ0n) is 17.8. The van der Waals surface area contributed by atoms with Crippen molar-refractivity contribution in [2.75, 3.05) is 6.54 Å². The van der Waals surface area contributed by atoms with E-state index in [4.69, 9.17) is 5.11 Å². The first-order chi connectivity index (χ1) is 14.8. The van der Waals surface area contributed by atoms with Crippen LogP contribution in [0.1, 0.15) is 54.6 Å². The molecule has 5 rings (SSSR count). The van der Waals surface area contributed by atoms with E-state index in [-0.39, 0.29) is 23.1 Å². The summed E-state index contributed by atoms with van der Waals surface area (Å²) in [7, 11) is 0. The number of carboxylic acid groups (broad SMARTS) is 1. The van der Waals surface area contributed by atoms with Crippen LogP contribution in [0.15, 0.2) is 24.3 Å². The fourth-order valence-corrected chi connectivity index (χ4v) is 5.96. The Morgan fingerprint density at radius 2 is 1.90 bits per heavy atom. The van der Waals surface area contributed by atoms with Gasteiger partial charge in [0.15, 0.2) is 0 Å². The van der Waals surface area contributed by atoms with E-state index in [1.165, 1.54) is 17.7 Å². The summed E-state index contributed by atoms with van der Waals surface area (Å²) in [6.45, 7) is 3.85. The van der Waals surface area contributed by atoms with E-state index in [0.29, 0.717) is 32.0 Å². The Balaban J connectivity index is 1.20.